The summed E-state index contributed by atoms with van der Waals surface area (Å²) in [4.78, 5) is 0.426. The number of halogens is 2. The van der Waals surface area contributed by atoms with Gasteiger partial charge in [0, 0.05) is 21.9 Å². The fourth-order valence-corrected chi connectivity index (χ4v) is 5.76. The van der Waals surface area contributed by atoms with Crippen molar-refractivity contribution in [3.8, 4) is 0 Å². The molecule has 0 aliphatic heterocycles. The predicted molar refractivity (Wildman–Crippen MR) is 96.9 cm³/mol. The molecule has 0 radical (unpaired) electrons. The van der Waals surface area contributed by atoms with Gasteiger partial charge in [-0.2, -0.15) is 0 Å². The molecule has 0 bridgehead atoms. The Morgan fingerprint density at radius 3 is 2.26 bits per heavy atom. The van der Waals surface area contributed by atoms with Crippen molar-refractivity contribution in [1.29, 1.82) is 0 Å². The Morgan fingerprint density at radius 1 is 1.04 bits per heavy atom. The topological polar surface area (TPSA) is 60.2 Å². The molecule has 0 unspecified atom stereocenters. The van der Waals surface area contributed by atoms with Crippen LogP contribution >= 0.6 is 35.4 Å². The fraction of sp³-hybridized carbons (Fsp3) is 0.188. The van der Waals surface area contributed by atoms with Gasteiger partial charge in [-0.05, 0) is 42.0 Å². The van der Waals surface area contributed by atoms with E-state index in [9.17, 15) is 8.42 Å². The van der Waals surface area contributed by atoms with Crippen LogP contribution in [0.25, 0.3) is 0 Å². The van der Waals surface area contributed by atoms with Gasteiger partial charge < -0.3 is 5.73 Å². The predicted octanol–water partition coefficient (Wildman–Crippen LogP) is 3.84. The van der Waals surface area contributed by atoms with E-state index in [4.69, 9.17) is 41.2 Å². The monoisotopic (exact) mass is 385 g/mol. The van der Waals surface area contributed by atoms with E-state index in [0.29, 0.717) is 10.0 Å². The second kappa shape index (κ2) is 6.06. The summed E-state index contributed by atoms with van der Waals surface area (Å²) in [6.07, 6.45) is 0. The maximum atomic E-state index is 12.9. The molecule has 0 heterocycles. The van der Waals surface area contributed by atoms with Crippen molar-refractivity contribution in [2.75, 3.05) is 0 Å². The Hall–Kier alpha value is -1.14. The van der Waals surface area contributed by atoms with Gasteiger partial charge in [-0.15, -0.1) is 0 Å². The average molecular weight is 386 g/mol. The van der Waals surface area contributed by atoms with Crippen LogP contribution in [-0.2, 0) is 9.84 Å². The zero-order valence-electron chi connectivity index (χ0n) is 11.8. The maximum absolute atomic E-state index is 12.9. The first-order valence-electron chi connectivity index (χ1n) is 6.86. The van der Waals surface area contributed by atoms with E-state index in [0.717, 1.165) is 5.56 Å². The number of thiocarbonyl (C=S) groups is 1. The Bertz CT molecular complexity index is 866. The Balaban J connectivity index is 2.00. The SMILES string of the molecule is NC(=S)[C@@H]1[C@H](c2cccc(Cl)c2)[C@@H]1S(=O)(=O)c1ccc(Cl)cc1. The molecule has 2 aromatic carbocycles. The Morgan fingerprint density at radius 2 is 1.70 bits per heavy atom. The van der Waals surface area contributed by atoms with Crippen LogP contribution in [0.15, 0.2) is 53.4 Å². The molecule has 0 saturated heterocycles. The first-order chi connectivity index (χ1) is 10.8. The molecular weight excluding hydrogens is 373 g/mol. The van der Waals surface area contributed by atoms with Gasteiger partial charge in [-0.3, -0.25) is 0 Å². The molecule has 1 saturated carbocycles. The highest BCUT2D eigenvalue weighted by Crippen LogP contribution is 2.54. The second-order valence-electron chi connectivity index (χ2n) is 5.47. The number of hydrogen-bond donors (Lipinski definition) is 1. The molecule has 3 nitrogen and oxygen atoms in total. The van der Waals surface area contributed by atoms with E-state index in [2.05, 4.69) is 0 Å². The molecule has 1 fully saturated rings. The molecule has 120 valence electrons. The highest BCUT2D eigenvalue weighted by atomic mass is 35.5. The van der Waals surface area contributed by atoms with Gasteiger partial charge in [0.2, 0.25) is 0 Å². The van der Waals surface area contributed by atoms with Gasteiger partial charge in [-0.25, -0.2) is 8.42 Å². The molecule has 2 aromatic rings. The maximum Gasteiger partial charge on any atom is 0.182 e. The van der Waals surface area contributed by atoms with Crippen molar-refractivity contribution in [1.82, 2.24) is 0 Å². The smallest absolute Gasteiger partial charge is 0.182 e. The lowest BCUT2D eigenvalue weighted by Crippen LogP contribution is -2.17. The van der Waals surface area contributed by atoms with E-state index >= 15 is 0 Å². The summed E-state index contributed by atoms with van der Waals surface area (Å²) in [6.45, 7) is 0. The van der Waals surface area contributed by atoms with E-state index in [1.54, 1.807) is 30.3 Å². The van der Waals surface area contributed by atoms with Crippen molar-refractivity contribution in [3.63, 3.8) is 0 Å². The summed E-state index contributed by atoms with van der Waals surface area (Å²) in [7, 11) is -3.56. The van der Waals surface area contributed by atoms with Gasteiger partial charge in [0.25, 0.3) is 0 Å². The van der Waals surface area contributed by atoms with E-state index in [-0.39, 0.29) is 21.7 Å². The molecule has 23 heavy (non-hydrogen) atoms. The molecular formula is C16H13Cl2NO2S2. The van der Waals surface area contributed by atoms with Crippen molar-refractivity contribution in [2.45, 2.75) is 16.1 Å². The summed E-state index contributed by atoms with van der Waals surface area (Å²) in [5, 5.41) is 0.371. The van der Waals surface area contributed by atoms with Crippen molar-refractivity contribution in [2.24, 2.45) is 11.7 Å². The molecule has 2 N–H and O–H groups in total. The van der Waals surface area contributed by atoms with Crippen LogP contribution in [0.5, 0.6) is 0 Å². The Labute approximate surface area is 150 Å². The van der Waals surface area contributed by atoms with Crippen LogP contribution < -0.4 is 5.73 Å². The highest BCUT2D eigenvalue weighted by Gasteiger charge is 2.60. The molecule has 0 aromatic heterocycles. The number of hydrogen-bond acceptors (Lipinski definition) is 3. The summed E-state index contributed by atoms with van der Waals surface area (Å²) >= 11 is 16.9. The normalized spacial score (nSPS) is 23.5. The van der Waals surface area contributed by atoms with Crippen LogP contribution in [-0.4, -0.2) is 18.7 Å². The number of nitrogens with two attached hydrogens (primary N) is 1. The molecule has 1 aliphatic rings. The average Bonchev–Trinajstić information content (AvgIpc) is 3.24. The van der Waals surface area contributed by atoms with Gasteiger partial charge >= 0.3 is 0 Å². The first kappa shape index (κ1) is 16.7. The van der Waals surface area contributed by atoms with Crippen molar-refractivity contribution in [3.05, 3.63) is 64.1 Å². The molecule has 7 heteroatoms. The summed E-state index contributed by atoms with van der Waals surface area (Å²) < 4.78 is 25.8. The molecule has 3 atom stereocenters. The van der Waals surface area contributed by atoms with Crippen LogP contribution in [0.1, 0.15) is 11.5 Å². The Kier molecular flexibility index (Phi) is 4.40. The van der Waals surface area contributed by atoms with Gasteiger partial charge in [0.05, 0.1) is 15.1 Å². The quantitative estimate of drug-likeness (QED) is 0.812. The standard InChI is InChI=1S/C16H13Cl2NO2S2/c17-10-4-6-12(7-5-10)23(20,21)15-13(14(15)16(19)22)9-2-1-3-11(18)8-9/h1-8,13-15H,(H2,19,22)/t13-,14+,15-/m0/s1. The summed E-state index contributed by atoms with van der Waals surface area (Å²) in [5.41, 5.74) is 6.60. The third-order valence-electron chi connectivity index (χ3n) is 4.02. The number of benzene rings is 2. The minimum Gasteiger partial charge on any atom is -0.393 e. The minimum absolute atomic E-state index is 0.206. The minimum atomic E-state index is -3.56. The van der Waals surface area contributed by atoms with Crippen LogP contribution in [0, 0.1) is 5.92 Å². The zero-order valence-corrected chi connectivity index (χ0v) is 15.0. The second-order valence-corrected chi connectivity index (χ2v) is 8.92. The van der Waals surface area contributed by atoms with Crippen LogP contribution in [0.2, 0.25) is 10.0 Å². The van der Waals surface area contributed by atoms with Crippen molar-refractivity contribution >= 4 is 50.2 Å². The lowest BCUT2D eigenvalue weighted by molar-refractivity contribution is 0.593. The third-order valence-corrected chi connectivity index (χ3v) is 7.01. The van der Waals surface area contributed by atoms with Crippen molar-refractivity contribution < 1.29 is 8.42 Å². The highest BCUT2D eigenvalue weighted by molar-refractivity contribution is 7.92. The summed E-state index contributed by atoms with van der Waals surface area (Å²) in [5.74, 6) is -0.656. The van der Waals surface area contributed by atoms with E-state index < -0.39 is 15.1 Å². The largest absolute Gasteiger partial charge is 0.393 e. The molecule has 3 rings (SSSR count). The first-order valence-corrected chi connectivity index (χ1v) is 9.57. The van der Waals surface area contributed by atoms with E-state index in [1.807, 2.05) is 6.07 Å². The van der Waals surface area contributed by atoms with E-state index in [1.165, 1.54) is 12.1 Å². The lowest BCUT2D eigenvalue weighted by atomic mass is 10.1. The molecule has 0 amide bonds. The summed E-state index contributed by atoms with van der Waals surface area (Å²) in [6, 6.07) is 13.3. The van der Waals surface area contributed by atoms with Gasteiger partial charge in [-0.1, -0.05) is 47.6 Å². The molecule has 1 aliphatic carbocycles. The fourth-order valence-electron chi connectivity index (χ4n) is 2.90. The van der Waals surface area contributed by atoms with Gasteiger partial charge in [0.15, 0.2) is 9.84 Å². The van der Waals surface area contributed by atoms with Crippen LogP contribution in [0.3, 0.4) is 0 Å². The third kappa shape index (κ3) is 3.11. The number of rotatable bonds is 4. The zero-order chi connectivity index (χ0) is 16.8. The molecule has 0 spiro atoms. The van der Waals surface area contributed by atoms with Gasteiger partial charge in [0.1, 0.15) is 0 Å². The number of sulfone groups is 1. The van der Waals surface area contributed by atoms with Crippen LogP contribution in [0.4, 0.5) is 0 Å². The lowest BCUT2D eigenvalue weighted by Gasteiger charge is -2.05.